The molecular formula is C15H25NO2. The average Bonchev–Trinajstić information content (AvgIpc) is 2.34. The minimum absolute atomic E-state index is 0.254. The minimum Gasteiger partial charge on any atom is -0.496 e. The minimum atomic E-state index is 0.254. The fraction of sp³-hybridized carbons (Fsp3) is 0.600. The Labute approximate surface area is 110 Å². The molecule has 1 aromatic carbocycles. The third-order valence-electron chi connectivity index (χ3n) is 3.32. The molecule has 0 aromatic heterocycles. The van der Waals surface area contributed by atoms with Crippen molar-refractivity contribution < 1.29 is 9.84 Å². The van der Waals surface area contributed by atoms with E-state index in [1.165, 1.54) is 16.7 Å². The van der Waals surface area contributed by atoms with Crippen LogP contribution in [0, 0.1) is 19.8 Å². The maximum atomic E-state index is 9.12. The lowest BCUT2D eigenvalue weighted by atomic mass is 10.0. The van der Waals surface area contributed by atoms with Crippen LogP contribution < -0.4 is 10.1 Å². The van der Waals surface area contributed by atoms with E-state index < -0.39 is 0 Å². The summed E-state index contributed by atoms with van der Waals surface area (Å²) in [4.78, 5) is 0. The van der Waals surface area contributed by atoms with Crippen LogP contribution in [0.2, 0.25) is 0 Å². The summed E-state index contributed by atoms with van der Waals surface area (Å²) in [5.74, 6) is 1.32. The van der Waals surface area contributed by atoms with Crippen molar-refractivity contribution in [1.82, 2.24) is 5.32 Å². The molecule has 3 nitrogen and oxygen atoms in total. The lowest BCUT2D eigenvalue weighted by Gasteiger charge is -2.14. The van der Waals surface area contributed by atoms with Crippen LogP contribution in [0.1, 0.15) is 30.0 Å². The summed E-state index contributed by atoms with van der Waals surface area (Å²) in [6, 6.07) is 4.30. The van der Waals surface area contributed by atoms with Gasteiger partial charge in [0.15, 0.2) is 0 Å². The van der Waals surface area contributed by atoms with Gasteiger partial charge in [-0.3, -0.25) is 0 Å². The van der Waals surface area contributed by atoms with Gasteiger partial charge in [-0.25, -0.2) is 0 Å². The first-order valence-corrected chi connectivity index (χ1v) is 6.58. The van der Waals surface area contributed by atoms with Crippen LogP contribution in [-0.2, 0) is 6.54 Å². The largest absolute Gasteiger partial charge is 0.496 e. The van der Waals surface area contributed by atoms with Gasteiger partial charge in [-0.05, 0) is 42.9 Å². The predicted molar refractivity (Wildman–Crippen MR) is 75.0 cm³/mol. The first kappa shape index (κ1) is 15.0. The van der Waals surface area contributed by atoms with Gasteiger partial charge in [-0.15, -0.1) is 0 Å². The highest BCUT2D eigenvalue weighted by atomic mass is 16.5. The van der Waals surface area contributed by atoms with Gasteiger partial charge in [0.25, 0.3) is 0 Å². The fourth-order valence-corrected chi connectivity index (χ4v) is 2.22. The summed E-state index contributed by atoms with van der Waals surface area (Å²) < 4.78 is 5.35. The number of ether oxygens (including phenoxy) is 1. The Morgan fingerprint density at radius 2 is 1.89 bits per heavy atom. The van der Waals surface area contributed by atoms with E-state index in [-0.39, 0.29) is 6.61 Å². The molecule has 0 saturated heterocycles. The van der Waals surface area contributed by atoms with Gasteiger partial charge in [0.1, 0.15) is 5.75 Å². The average molecular weight is 251 g/mol. The summed E-state index contributed by atoms with van der Waals surface area (Å²) in [6.07, 6.45) is 1.00. The highest BCUT2D eigenvalue weighted by Gasteiger charge is 2.06. The van der Waals surface area contributed by atoms with Crippen molar-refractivity contribution in [2.45, 2.75) is 33.7 Å². The van der Waals surface area contributed by atoms with Crippen LogP contribution in [0.4, 0.5) is 0 Å². The second-order valence-corrected chi connectivity index (χ2v) is 4.85. The van der Waals surface area contributed by atoms with Gasteiger partial charge < -0.3 is 15.2 Å². The molecule has 0 fully saturated rings. The quantitative estimate of drug-likeness (QED) is 0.782. The Hall–Kier alpha value is -1.06. The zero-order valence-electron chi connectivity index (χ0n) is 11.9. The summed E-state index contributed by atoms with van der Waals surface area (Å²) in [7, 11) is 1.71. The van der Waals surface area contributed by atoms with Crippen molar-refractivity contribution in [2.75, 3.05) is 20.3 Å². The van der Waals surface area contributed by atoms with Crippen LogP contribution in [0.25, 0.3) is 0 Å². The number of benzene rings is 1. The molecule has 2 N–H and O–H groups in total. The molecular weight excluding hydrogens is 226 g/mol. The molecule has 3 heteroatoms. The fourth-order valence-electron chi connectivity index (χ4n) is 2.22. The topological polar surface area (TPSA) is 41.5 Å². The van der Waals surface area contributed by atoms with Crippen molar-refractivity contribution in [2.24, 2.45) is 5.92 Å². The molecule has 102 valence electrons. The van der Waals surface area contributed by atoms with E-state index in [0.717, 1.165) is 25.3 Å². The summed E-state index contributed by atoms with van der Waals surface area (Å²) in [6.45, 7) is 8.18. The van der Waals surface area contributed by atoms with E-state index in [9.17, 15) is 0 Å². The number of aliphatic hydroxyl groups is 1. The zero-order chi connectivity index (χ0) is 13.5. The SMILES string of the molecule is CCC(CO)CNCc1cc(C)c(OC)c(C)c1. The number of aryl methyl sites for hydroxylation is 2. The van der Waals surface area contributed by atoms with Gasteiger partial charge in [0.05, 0.1) is 7.11 Å². The Kier molecular flexibility index (Phi) is 6.16. The molecule has 1 unspecified atom stereocenters. The lowest BCUT2D eigenvalue weighted by Crippen LogP contribution is -2.24. The zero-order valence-corrected chi connectivity index (χ0v) is 11.9. The van der Waals surface area contributed by atoms with E-state index in [1.807, 2.05) is 0 Å². The van der Waals surface area contributed by atoms with Crippen molar-refractivity contribution in [3.8, 4) is 5.75 Å². The third-order valence-corrected chi connectivity index (χ3v) is 3.32. The molecule has 0 heterocycles. The van der Waals surface area contributed by atoms with Crippen molar-refractivity contribution >= 4 is 0 Å². The summed E-state index contributed by atoms with van der Waals surface area (Å²) in [5.41, 5.74) is 3.60. The van der Waals surface area contributed by atoms with Crippen LogP contribution in [0.3, 0.4) is 0 Å². The summed E-state index contributed by atoms with van der Waals surface area (Å²) in [5, 5.41) is 12.5. The Morgan fingerprint density at radius 3 is 2.33 bits per heavy atom. The van der Waals surface area contributed by atoms with Gasteiger partial charge in [0.2, 0.25) is 0 Å². The van der Waals surface area contributed by atoms with Gasteiger partial charge in [-0.1, -0.05) is 19.1 Å². The standard InChI is InChI=1S/C15H25NO2/c1-5-13(10-17)8-16-9-14-6-11(2)15(18-4)12(3)7-14/h6-7,13,16-17H,5,8-10H2,1-4H3. The third kappa shape index (κ3) is 4.00. The van der Waals surface area contributed by atoms with Gasteiger partial charge >= 0.3 is 0 Å². The first-order chi connectivity index (χ1) is 8.62. The Balaban J connectivity index is 2.58. The molecule has 18 heavy (non-hydrogen) atoms. The molecule has 0 aliphatic rings. The van der Waals surface area contributed by atoms with E-state index in [1.54, 1.807) is 7.11 Å². The Morgan fingerprint density at radius 1 is 1.28 bits per heavy atom. The molecule has 0 amide bonds. The number of nitrogens with one attached hydrogen (secondary N) is 1. The van der Waals surface area contributed by atoms with Crippen LogP contribution >= 0.6 is 0 Å². The van der Waals surface area contributed by atoms with Crippen molar-refractivity contribution in [3.05, 3.63) is 28.8 Å². The van der Waals surface area contributed by atoms with Crippen LogP contribution in [0.5, 0.6) is 5.75 Å². The molecule has 0 radical (unpaired) electrons. The van der Waals surface area contributed by atoms with Crippen LogP contribution in [0.15, 0.2) is 12.1 Å². The number of hydrogen-bond donors (Lipinski definition) is 2. The molecule has 1 aromatic rings. The van der Waals surface area contributed by atoms with E-state index in [0.29, 0.717) is 5.92 Å². The highest BCUT2D eigenvalue weighted by molar-refractivity contribution is 5.43. The van der Waals surface area contributed by atoms with Gasteiger partial charge in [0, 0.05) is 19.7 Å². The molecule has 0 aliphatic heterocycles. The normalized spacial score (nSPS) is 12.5. The maximum Gasteiger partial charge on any atom is 0.124 e. The van der Waals surface area contributed by atoms with Crippen LogP contribution in [-0.4, -0.2) is 25.4 Å². The highest BCUT2D eigenvalue weighted by Crippen LogP contribution is 2.24. The van der Waals surface area contributed by atoms with Crippen molar-refractivity contribution in [1.29, 1.82) is 0 Å². The second kappa shape index (κ2) is 7.39. The number of rotatable bonds is 7. The number of aliphatic hydroxyl groups excluding tert-OH is 1. The molecule has 0 bridgehead atoms. The number of hydrogen-bond acceptors (Lipinski definition) is 3. The summed E-state index contributed by atoms with van der Waals surface area (Å²) >= 11 is 0. The van der Waals surface area contributed by atoms with Crippen molar-refractivity contribution in [3.63, 3.8) is 0 Å². The van der Waals surface area contributed by atoms with E-state index in [2.05, 4.69) is 38.2 Å². The molecule has 1 rings (SSSR count). The maximum absolute atomic E-state index is 9.12. The first-order valence-electron chi connectivity index (χ1n) is 6.58. The van der Waals surface area contributed by atoms with E-state index >= 15 is 0 Å². The molecule has 0 spiro atoms. The smallest absolute Gasteiger partial charge is 0.124 e. The number of methoxy groups -OCH3 is 1. The van der Waals surface area contributed by atoms with Gasteiger partial charge in [-0.2, -0.15) is 0 Å². The predicted octanol–water partition coefficient (Wildman–Crippen LogP) is 2.42. The lowest BCUT2D eigenvalue weighted by molar-refractivity contribution is 0.218. The van der Waals surface area contributed by atoms with E-state index in [4.69, 9.17) is 9.84 Å². The monoisotopic (exact) mass is 251 g/mol. The Bertz CT molecular complexity index is 350. The molecule has 0 aliphatic carbocycles. The molecule has 0 saturated carbocycles. The molecule has 1 atom stereocenters. The second-order valence-electron chi connectivity index (χ2n) is 4.85.